The van der Waals surface area contributed by atoms with Crippen LogP contribution in [-0.2, 0) is 19.1 Å². The maximum atomic E-state index is 15.3. The lowest BCUT2D eigenvalue weighted by Gasteiger charge is -2.18. The van der Waals surface area contributed by atoms with E-state index in [4.69, 9.17) is 34.9 Å². The largest absolute Gasteiger partial charge is 0.490 e. The molecule has 1 heterocycles. The van der Waals surface area contributed by atoms with Gasteiger partial charge in [0.05, 0.1) is 31.9 Å². The number of carbonyl (C=O) groups excluding carboxylic acids is 3. The number of ether oxygens (including phenoxy) is 4. The van der Waals surface area contributed by atoms with Crippen LogP contribution in [0.2, 0.25) is 0 Å². The smallest absolute Gasteiger partial charge is 0.326 e. The van der Waals surface area contributed by atoms with E-state index >= 15 is 4.39 Å². The van der Waals surface area contributed by atoms with Gasteiger partial charge in [0.25, 0.3) is 0 Å². The highest BCUT2D eigenvalue weighted by atomic mass is 19.1. The summed E-state index contributed by atoms with van der Waals surface area (Å²) >= 11 is 0. The number of rotatable bonds is 16. The van der Waals surface area contributed by atoms with Crippen LogP contribution in [0.1, 0.15) is 19.8 Å². The number of aliphatic hydroxyl groups excluding tert-OH is 2. The zero-order valence-electron chi connectivity index (χ0n) is 27.0. The molecule has 1 saturated carbocycles. The van der Waals surface area contributed by atoms with Gasteiger partial charge in [0.15, 0.2) is 23.1 Å². The number of halogens is 2. The number of esters is 1. The Morgan fingerprint density at radius 1 is 0.860 bits per heavy atom. The summed E-state index contributed by atoms with van der Waals surface area (Å²) in [6.45, 7) is 0.815. The van der Waals surface area contributed by atoms with Crippen molar-refractivity contribution in [3.05, 3.63) is 78.5 Å². The van der Waals surface area contributed by atoms with E-state index in [2.05, 4.69) is 15.6 Å². The molecule has 13 nitrogen and oxygen atoms in total. The van der Waals surface area contributed by atoms with Crippen molar-refractivity contribution in [3.63, 3.8) is 0 Å². The third-order valence-electron chi connectivity index (χ3n) is 7.90. The predicted molar refractivity (Wildman–Crippen MR) is 177 cm³/mol. The lowest BCUT2D eigenvalue weighted by molar-refractivity contribution is -0.148. The minimum atomic E-state index is -1.32. The molecular weight excluding hydrogens is 658 g/mol. The van der Waals surface area contributed by atoms with Gasteiger partial charge in [-0.25, -0.2) is 8.78 Å². The van der Waals surface area contributed by atoms with Crippen LogP contribution in [0.5, 0.6) is 23.0 Å². The molecule has 4 aromatic rings. The average Bonchev–Trinajstić information content (AvgIpc) is 3.93. The Morgan fingerprint density at radius 2 is 1.52 bits per heavy atom. The number of anilines is 2. The van der Waals surface area contributed by atoms with E-state index in [-0.39, 0.29) is 61.7 Å². The number of carbonyl (C=O) groups is 3. The Labute approximate surface area is 285 Å². The molecule has 1 aromatic heterocycles. The van der Waals surface area contributed by atoms with E-state index < -0.39 is 46.8 Å². The molecular formula is C35H36F2N4O9. The van der Waals surface area contributed by atoms with Gasteiger partial charge in [-0.05, 0) is 68.3 Å². The summed E-state index contributed by atoms with van der Waals surface area (Å²) in [7, 11) is 0. The second-order valence-corrected chi connectivity index (χ2v) is 11.6. The molecule has 1 atom stereocenters. The third-order valence-corrected chi connectivity index (χ3v) is 7.90. The first-order valence-corrected chi connectivity index (χ1v) is 15.7. The maximum absolute atomic E-state index is 15.3. The number of nitrogens with two attached hydrogens (primary N) is 1. The Balaban J connectivity index is 1.26. The fraction of sp³-hybridized carbons (Fsp3) is 0.314. The number of fused-ring (bicyclic) bond motifs is 1. The minimum absolute atomic E-state index is 0.115. The predicted octanol–water partition coefficient (Wildman–Crippen LogP) is 3.91. The lowest BCUT2D eigenvalue weighted by Crippen LogP contribution is -2.39. The van der Waals surface area contributed by atoms with Crippen molar-refractivity contribution in [1.82, 2.24) is 4.98 Å². The highest BCUT2D eigenvalue weighted by molar-refractivity contribution is 6.16. The van der Waals surface area contributed by atoms with Crippen molar-refractivity contribution in [2.45, 2.75) is 25.8 Å². The molecule has 15 heteroatoms. The quantitative estimate of drug-likeness (QED) is 0.0844. The monoisotopic (exact) mass is 694 g/mol. The van der Waals surface area contributed by atoms with Crippen LogP contribution < -0.4 is 30.6 Å². The van der Waals surface area contributed by atoms with Crippen molar-refractivity contribution in [2.24, 2.45) is 17.1 Å². The molecule has 1 aliphatic carbocycles. The molecule has 6 N–H and O–H groups in total. The van der Waals surface area contributed by atoms with Gasteiger partial charge in [0, 0.05) is 41.0 Å². The van der Waals surface area contributed by atoms with Gasteiger partial charge in [0.2, 0.25) is 11.8 Å². The molecule has 2 amide bonds. The van der Waals surface area contributed by atoms with Gasteiger partial charge in [0.1, 0.15) is 29.6 Å². The molecule has 0 radical (unpaired) electrons. The molecule has 264 valence electrons. The van der Waals surface area contributed by atoms with Gasteiger partial charge >= 0.3 is 5.97 Å². The van der Waals surface area contributed by atoms with E-state index in [1.807, 2.05) is 0 Å². The van der Waals surface area contributed by atoms with Crippen LogP contribution in [0.3, 0.4) is 0 Å². The summed E-state index contributed by atoms with van der Waals surface area (Å²) in [6.07, 6.45) is 2.05. The molecule has 0 bridgehead atoms. The van der Waals surface area contributed by atoms with Gasteiger partial charge in [-0.15, -0.1) is 0 Å². The number of amides is 2. The van der Waals surface area contributed by atoms with E-state index in [0.717, 1.165) is 6.07 Å². The molecule has 1 fully saturated rings. The first kappa shape index (κ1) is 35.9. The minimum Gasteiger partial charge on any atom is -0.490 e. The molecule has 0 aliphatic heterocycles. The van der Waals surface area contributed by atoms with Crippen molar-refractivity contribution in [1.29, 1.82) is 0 Å². The first-order valence-electron chi connectivity index (χ1n) is 15.7. The van der Waals surface area contributed by atoms with E-state index in [1.54, 1.807) is 19.1 Å². The van der Waals surface area contributed by atoms with Crippen LogP contribution in [-0.4, -0.2) is 72.1 Å². The topological polar surface area (TPSA) is 192 Å². The number of pyridine rings is 1. The van der Waals surface area contributed by atoms with Crippen molar-refractivity contribution >= 4 is 40.1 Å². The van der Waals surface area contributed by atoms with Crippen molar-refractivity contribution in [3.8, 4) is 23.0 Å². The van der Waals surface area contributed by atoms with Gasteiger partial charge in [-0.1, -0.05) is 0 Å². The summed E-state index contributed by atoms with van der Waals surface area (Å²) in [5, 5.41) is 24.0. The van der Waals surface area contributed by atoms with E-state index in [0.29, 0.717) is 29.4 Å². The number of hydrogen-bond donors (Lipinski definition) is 5. The number of aliphatic hydroxyl groups is 2. The summed E-state index contributed by atoms with van der Waals surface area (Å²) in [6, 6.07) is 12.5. The Bertz CT molecular complexity index is 1850. The summed E-state index contributed by atoms with van der Waals surface area (Å²) < 4.78 is 51.0. The van der Waals surface area contributed by atoms with Crippen LogP contribution in [0.25, 0.3) is 10.9 Å². The molecule has 50 heavy (non-hydrogen) atoms. The van der Waals surface area contributed by atoms with Crippen LogP contribution >= 0.6 is 0 Å². The number of nitrogens with one attached hydrogen (secondary N) is 2. The number of benzene rings is 3. The molecule has 5 rings (SSSR count). The average molecular weight is 695 g/mol. The third kappa shape index (κ3) is 8.42. The lowest BCUT2D eigenvalue weighted by atomic mass is 10.0. The number of nitrogens with zero attached hydrogens (tertiary/aromatic N) is 1. The number of aromatic nitrogens is 1. The maximum Gasteiger partial charge on any atom is 0.326 e. The number of hydrogen-bond acceptors (Lipinski definition) is 11. The summed E-state index contributed by atoms with van der Waals surface area (Å²) in [5.74, 6) is -3.21. The zero-order valence-corrected chi connectivity index (χ0v) is 27.0. The van der Waals surface area contributed by atoms with Gasteiger partial charge < -0.3 is 45.5 Å². The van der Waals surface area contributed by atoms with Crippen molar-refractivity contribution < 1.29 is 52.3 Å². The van der Waals surface area contributed by atoms with Crippen molar-refractivity contribution in [2.75, 3.05) is 43.7 Å². The molecule has 0 spiro atoms. The summed E-state index contributed by atoms with van der Waals surface area (Å²) in [4.78, 5) is 42.5. The van der Waals surface area contributed by atoms with Crippen LogP contribution in [0, 0.1) is 23.0 Å². The summed E-state index contributed by atoms with van der Waals surface area (Å²) in [5.41, 5.74) is 5.44. The molecule has 0 saturated heterocycles. The van der Waals surface area contributed by atoms with Gasteiger partial charge in [-0.3, -0.25) is 19.4 Å². The highest BCUT2D eigenvalue weighted by Gasteiger charge is 2.56. The standard InChI is InChI=1S/C35H36F2N4O9/c1-2-47-30-14-24-27(15-31(30)48-19-26(38)32(44)49-18-20(16-42)17-43)39-12-9-28(24)50-29-8-7-23(13-25(29)37)41-34(46)35(10-11-35)33(45)40-22-5-3-21(36)4-6-22/h3-9,12-15,20,26,42-43H,2,10-11,16-19,38H2,1H3,(H,40,45)(H,41,46). The van der Waals surface area contributed by atoms with E-state index in [9.17, 15) is 18.8 Å². The normalized spacial score (nSPS) is 13.7. The Morgan fingerprint density at radius 3 is 2.16 bits per heavy atom. The fourth-order valence-electron chi connectivity index (χ4n) is 4.81. The first-order chi connectivity index (χ1) is 24.1. The van der Waals surface area contributed by atoms with Gasteiger partial charge in [-0.2, -0.15) is 0 Å². The second kappa shape index (κ2) is 15.9. The van der Waals surface area contributed by atoms with Crippen LogP contribution in [0.4, 0.5) is 20.2 Å². The second-order valence-electron chi connectivity index (χ2n) is 11.6. The van der Waals surface area contributed by atoms with Crippen LogP contribution in [0.15, 0.2) is 66.9 Å². The Hall–Kier alpha value is -5.38. The SMILES string of the molecule is CCOc1cc2c(Oc3ccc(NC(=O)C4(C(=O)Nc5ccc(F)cc5)CC4)cc3F)ccnc2cc1OCC(N)C(=O)OCC(CO)CO. The Kier molecular flexibility index (Phi) is 11.4. The molecule has 3 aromatic carbocycles. The zero-order chi connectivity index (χ0) is 35.8. The highest BCUT2D eigenvalue weighted by Crippen LogP contribution is 2.47. The molecule has 1 unspecified atom stereocenters. The fourth-order valence-corrected chi connectivity index (χ4v) is 4.81. The molecule has 1 aliphatic rings. The van der Waals surface area contributed by atoms with E-state index in [1.165, 1.54) is 48.7 Å².